The van der Waals surface area contributed by atoms with Gasteiger partial charge in [0.1, 0.15) is 5.00 Å². The SMILES string of the molecule is Cc1ccc(S(=O)(=O)c2nc(S(=O)(=O)c3ccc(C)cc3)c(NCCCn3ccnc3)s2)cc1. The molecule has 2 aromatic carbocycles. The molecule has 0 saturated carbocycles. The first-order valence-corrected chi connectivity index (χ1v) is 14.3. The van der Waals surface area contributed by atoms with Crippen molar-refractivity contribution < 1.29 is 16.8 Å². The molecule has 4 rings (SSSR count). The van der Waals surface area contributed by atoms with E-state index in [2.05, 4.69) is 15.3 Å². The molecule has 0 amide bonds. The Morgan fingerprint density at radius 3 is 2.03 bits per heavy atom. The van der Waals surface area contributed by atoms with Crippen molar-refractivity contribution in [3.05, 3.63) is 78.4 Å². The molecule has 0 saturated heterocycles. The lowest BCUT2D eigenvalue weighted by atomic mass is 10.2. The zero-order valence-electron chi connectivity index (χ0n) is 18.7. The molecule has 0 spiro atoms. The van der Waals surface area contributed by atoms with E-state index in [0.717, 1.165) is 22.5 Å². The maximum Gasteiger partial charge on any atom is 0.233 e. The van der Waals surface area contributed by atoms with E-state index in [-0.39, 0.29) is 24.2 Å². The van der Waals surface area contributed by atoms with Crippen LogP contribution in [0.3, 0.4) is 0 Å². The summed E-state index contributed by atoms with van der Waals surface area (Å²) in [4.78, 5) is 8.27. The Balaban J connectivity index is 1.69. The molecule has 11 heteroatoms. The average Bonchev–Trinajstić information content (AvgIpc) is 3.48. The molecule has 2 aromatic heterocycles. The zero-order chi connectivity index (χ0) is 24.3. The molecule has 8 nitrogen and oxygen atoms in total. The fourth-order valence-electron chi connectivity index (χ4n) is 3.23. The van der Waals surface area contributed by atoms with Gasteiger partial charge in [0.25, 0.3) is 0 Å². The van der Waals surface area contributed by atoms with E-state index in [1.54, 1.807) is 36.8 Å². The van der Waals surface area contributed by atoms with E-state index in [1.165, 1.54) is 24.3 Å². The van der Waals surface area contributed by atoms with Crippen LogP contribution in [-0.4, -0.2) is 37.9 Å². The van der Waals surface area contributed by atoms with E-state index in [1.807, 2.05) is 24.6 Å². The Hall–Kier alpha value is -3.02. The number of sulfone groups is 2. The van der Waals surface area contributed by atoms with Gasteiger partial charge in [0, 0.05) is 25.5 Å². The Morgan fingerprint density at radius 1 is 0.882 bits per heavy atom. The second-order valence-corrected chi connectivity index (χ2v) is 12.8. The van der Waals surface area contributed by atoms with Gasteiger partial charge in [0.15, 0.2) is 5.03 Å². The fraction of sp³-hybridized carbons (Fsp3) is 0.217. The van der Waals surface area contributed by atoms with Crippen LogP contribution in [0.25, 0.3) is 0 Å². The number of aryl methyl sites for hydroxylation is 3. The van der Waals surface area contributed by atoms with Crippen molar-refractivity contribution in [1.29, 1.82) is 0 Å². The van der Waals surface area contributed by atoms with Gasteiger partial charge >= 0.3 is 0 Å². The third-order valence-electron chi connectivity index (χ3n) is 5.16. The van der Waals surface area contributed by atoms with Crippen LogP contribution in [-0.2, 0) is 26.2 Å². The summed E-state index contributed by atoms with van der Waals surface area (Å²) in [7, 11) is -8.02. The van der Waals surface area contributed by atoms with Crippen molar-refractivity contribution in [2.45, 2.75) is 46.0 Å². The molecule has 1 N–H and O–H groups in total. The Labute approximate surface area is 203 Å². The number of anilines is 1. The molecule has 0 unspecified atom stereocenters. The molecule has 0 aliphatic heterocycles. The van der Waals surface area contributed by atoms with Crippen LogP contribution in [0.1, 0.15) is 17.5 Å². The van der Waals surface area contributed by atoms with E-state index < -0.39 is 19.7 Å². The number of hydrogen-bond donors (Lipinski definition) is 1. The number of rotatable bonds is 9. The van der Waals surface area contributed by atoms with Crippen LogP contribution >= 0.6 is 11.3 Å². The van der Waals surface area contributed by atoms with Crippen molar-refractivity contribution in [2.75, 3.05) is 11.9 Å². The van der Waals surface area contributed by atoms with Crippen molar-refractivity contribution in [1.82, 2.24) is 14.5 Å². The minimum Gasteiger partial charge on any atom is -0.374 e. The second-order valence-electron chi connectivity index (χ2n) is 7.83. The van der Waals surface area contributed by atoms with E-state index in [4.69, 9.17) is 0 Å². The third kappa shape index (κ3) is 5.06. The van der Waals surface area contributed by atoms with Crippen LogP contribution in [0.15, 0.2) is 86.4 Å². The van der Waals surface area contributed by atoms with Gasteiger partial charge in [-0.3, -0.25) is 0 Å². The predicted molar refractivity (Wildman–Crippen MR) is 131 cm³/mol. The highest BCUT2D eigenvalue weighted by molar-refractivity contribution is 7.94. The number of hydrogen-bond acceptors (Lipinski definition) is 8. The van der Waals surface area contributed by atoms with Crippen molar-refractivity contribution in [3.63, 3.8) is 0 Å². The Bertz CT molecular complexity index is 1470. The third-order valence-corrected chi connectivity index (χ3v) is 10.1. The first-order chi connectivity index (χ1) is 16.2. The molecular formula is C23H24N4O4S3. The number of aromatic nitrogens is 3. The topological polar surface area (TPSA) is 111 Å². The zero-order valence-corrected chi connectivity index (χ0v) is 21.1. The number of imidazole rings is 1. The predicted octanol–water partition coefficient (Wildman–Crippen LogP) is 4.12. The van der Waals surface area contributed by atoms with Gasteiger partial charge in [-0.15, -0.1) is 0 Å². The molecule has 0 radical (unpaired) electrons. The number of nitrogens with zero attached hydrogens (tertiary/aromatic N) is 3. The summed E-state index contributed by atoms with van der Waals surface area (Å²) in [6, 6.07) is 12.8. The molecule has 2 heterocycles. The number of benzene rings is 2. The number of nitrogens with one attached hydrogen (secondary N) is 1. The quantitative estimate of drug-likeness (QED) is 0.333. The van der Waals surface area contributed by atoms with Gasteiger partial charge in [-0.25, -0.2) is 26.8 Å². The fourth-order valence-corrected chi connectivity index (χ4v) is 7.54. The summed E-state index contributed by atoms with van der Waals surface area (Å²) in [6.45, 7) is 4.83. The maximum absolute atomic E-state index is 13.4. The standard InChI is InChI=1S/C23H24N4O4S3/c1-17-4-8-19(9-5-17)33(28,29)22-21(25-12-3-14-27-15-13-24-16-27)32-23(26-22)34(30,31)20-10-6-18(2)7-11-20/h4-11,13,15-16,25H,3,12,14H2,1-2H3. The lowest BCUT2D eigenvalue weighted by Crippen LogP contribution is -2.10. The van der Waals surface area contributed by atoms with Crippen LogP contribution in [0.2, 0.25) is 0 Å². The summed E-state index contributed by atoms with van der Waals surface area (Å²) < 4.78 is 54.9. The molecular weight excluding hydrogens is 492 g/mol. The first kappa shape index (κ1) is 24.1. The van der Waals surface area contributed by atoms with Crippen LogP contribution in [0, 0.1) is 13.8 Å². The minimum absolute atomic E-state index is 0.0594. The van der Waals surface area contributed by atoms with Gasteiger partial charge in [-0.05, 0) is 44.5 Å². The maximum atomic E-state index is 13.4. The largest absolute Gasteiger partial charge is 0.374 e. The highest BCUT2D eigenvalue weighted by Crippen LogP contribution is 2.36. The van der Waals surface area contributed by atoms with Gasteiger partial charge in [0.05, 0.1) is 16.1 Å². The van der Waals surface area contributed by atoms with E-state index in [0.29, 0.717) is 19.5 Å². The highest BCUT2D eigenvalue weighted by Gasteiger charge is 2.31. The summed E-state index contributed by atoms with van der Waals surface area (Å²) in [6.07, 6.45) is 5.90. The van der Waals surface area contributed by atoms with Crippen molar-refractivity contribution >= 4 is 36.0 Å². The molecule has 0 atom stereocenters. The summed E-state index contributed by atoms with van der Waals surface area (Å²) >= 11 is 0.830. The van der Waals surface area contributed by atoms with Gasteiger partial charge in [-0.2, -0.15) is 0 Å². The lowest BCUT2D eigenvalue weighted by Gasteiger charge is -2.08. The van der Waals surface area contributed by atoms with E-state index in [9.17, 15) is 16.8 Å². The smallest absolute Gasteiger partial charge is 0.233 e. The normalized spacial score (nSPS) is 12.1. The van der Waals surface area contributed by atoms with Crippen molar-refractivity contribution in [2.24, 2.45) is 0 Å². The molecule has 0 aliphatic carbocycles. The van der Waals surface area contributed by atoms with Crippen LogP contribution in [0.4, 0.5) is 5.00 Å². The highest BCUT2D eigenvalue weighted by atomic mass is 32.2. The van der Waals surface area contributed by atoms with Gasteiger partial charge in [0.2, 0.25) is 24.0 Å². The van der Waals surface area contributed by atoms with Crippen LogP contribution < -0.4 is 5.32 Å². The molecule has 178 valence electrons. The second kappa shape index (κ2) is 9.69. The van der Waals surface area contributed by atoms with E-state index >= 15 is 0 Å². The van der Waals surface area contributed by atoms with Gasteiger partial charge in [-0.1, -0.05) is 46.7 Å². The van der Waals surface area contributed by atoms with Crippen molar-refractivity contribution in [3.8, 4) is 0 Å². The molecule has 0 fully saturated rings. The molecule has 0 bridgehead atoms. The lowest BCUT2D eigenvalue weighted by molar-refractivity contribution is 0.589. The number of thiazole rings is 1. The molecule has 34 heavy (non-hydrogen) atoms. The molecule has 0 aliphatic rings. The Kier molecular flexibility index (Phi) is 6.87. The van der Waals surface area contributed by atoms with Gasteiger partial charge < -0.3 is 9.88 Å². The summed E-state index contributed by atoms with van der Waals surface area (Å²) in [5.74, 6) is 0. The average molecular weight is 517 g/mol. The minimum atomic E-state index is -4.04. The van der Waals surface area contributed by atoms with Crippen LogP contribution in [0.5, 0.6) is 0 Å². The summed E-state index contributed by atoms with van der Waals surface area (Å²) in [5, 5.41) is 3.02. The monoisotopic (exact) mass is 516 g/mol. The molecule has 4 aromatic rings. The first-order valence-electron chi connectivity index (χ1n) is 10.5. The summed E-state index contributed by atoms with van der Waals surface area (Å²) in [5.41, 5.74) is 1.83. The Morgan fingerprint density at radius 2 is 1.47 bits per heavy atom.